The molecular weight excluding hydrogens is 264 g/mol. The van der Waals surface area contributed by atoms with Crippen molar-refractivity contribution in [1.29, 1.82) is 0 Å². The Morgan fingerprint density at radius 2 is 2.21 bits per heavy atom. The maximum Gasteiger partial charge on any atom is 0.231 e. The van der Waals surface area contributed by atoms with E-state index < -0.39 is 0 Å². The Balaban J connectivity index is 1.70. The third kappa shape index (κ3) is 2.50. The second-order valence-corrected chi connectivity index (χ2v) is 5.23. The molecule has 1 aromatic heterocycles. The molecule has 1 aromatic carbocycles. The highest BCUT2D eigenvalue weighted by Gasteiger charge is 2.17. The van der Waals surface area contributed by atoms with E-state index in [1.165, 1.54) is 0 Å². The summed E-state index contributed by atoms with van der Waals surface area (Å²) >= 11 is 1.61. The molecule has 100 valence electrons. The van der Waals surface area contributed by atoms with E-state index in [0.29, 0.717) is 18.0 Å². The lowest BCUT2D eigenvalue weighted by atomic mass is 10.1. The van der Waals surface area contributed by atoms with Crippen molar-refractivity contribution < 1.29 is 14.6 Å². The first-order valence-corrected chi connectivity index (χ1v) is 6.86. The van der Waals surface area contributed by atoms with Crippen LogP contribution < -0.4 is 14.8 Å². The molecule has 1 aliphatic rings. The number of hydrogen-bond donors (Lipinski definition) is 2. The van der Waals surface area contributed by atoms with Gasteiger partial charge in [-0.3, -0.25) is 0 Å². The number of rotatable bonds is 4. The number of hydrogen-bond acceptors (Lipinski definition) is 6. The lowest BCUT2D eigenvalue weighted by Crippen LogP contribution is -2.17. The van der Waals surface area contributed by atoms with Crippen molar-refractivity contribution in [2.24, 2.45) is 0 Å². The van der Waals surface area contributed by atoms with Gasteiger partial charge in [0.1, 0.15) is 10.8 Å². The van der Waals surface area contributed by atoms with Gasteiger partial charge in [0, 0.05) is 29.8 Å². The third-order valence-corrected chi connectivity index (χ3v) is 3.95. The molecule has 5 nitrogen and oxygen atoms in total. The van der Waals surface area contributed by atoms with Gasteiger partial charge in [-0.1, -0.05) is 0 Å². The quantitative estimate of drug-likeness (QED) is 0.899. The number of aromatic nitrogens is 1. The number of fused-ring (bicyclic) bond motifs is 1. The fourth-order valence-electron chi connectivity index (χ4n) is 1.91. The predicted molar refractivity (Wildman–Crippen MR) is 71.6 cm³/mol. The van der Waals surface area contributed by atoms with Gasteiger partial charge in [-0.2, -0.15) is 0 Å². The number of thiazole rings is 1. The SMILES string of the molecule is CC(NCc1cc2c(cc1O)OCO2)c1nccs1. The Bertz CT molecular complexity index is 572. The molecule has 3 rings (SSSR count). The number of phenols is 1. The number of aromatic hydroxyl groups is 1. The Morgan fingerprint density at radius 3 is 2.95 bits per heavy atom. The minimum Gasteiger partial charge on any atom is -0.507 e. The van der Waals surface area contributed by atoms with Gasteiger partial charge in [0.25, 0.3) is 0 Å². The van der Waals surface area contributed by atoms with E-state index >= 15 is 0 Å². The van der Waals surface area contributed by atoms with Crippen molar-refractivity contribution in [1.82, 2.24) is 10.3 Å². The maximum atomic E-state index is 9.93. The van der Waals surface area contributed by atoms with Crippen LogP contribution in [0.5, 0.6) is 17.2 Å². The molecule has 0 bridgehead atoms. The van der Waals surface area contributed by atoms with Gasteiger partial charge in [-0.25, -0.2) is 4.98 Å². The predicted octanol–water partition coefficient (Wildman–Crippen LogP) is 2.43. The summed E-state index contributed by atoms with van der Waals surface area (Å²) in [5, 5.41) is 16.2. The van der Waals surface area contributed by atoms with Crippen LogP contribution in [0.25, 0.3) is 0 Å². The number of nitrogens with one attached hydrogen (secondary N) is 1. The summed E-state index contributed by atoms with van der Waals surface area (Å²) in [6.07, 6.45) is 1.79. The van der Waals surface area contributed by atoms with E-state index in [4.69, 9.17) is 9.47 Å². The van der Waals surface area contributed by atoms with Gasteiger partial charge >= 0.3 is 0 Å². The molecule has 1 aliphatic heterocycles. The van der Waals surface area contributed by atoms with Crippen LogP contribution >= 0.6 is 11.3 Å². The number of benzene rings is 1. The summed E-state index contributed by atoms with van der Waals surface area (Å²) in [5.74, 6) is 1.48. The van der Waals surface area contributed by atoms with Crippen LogP contribution in [0, 0.1) is 0 Å². The molecule has 0 radical (unpaired) electrons. The lowest BCUT2D eigenvalue weighted by molar-refractivity contribution is 0.174. The molecule has 1 atom stereocenters. The van der Waals surface area contributed by atoms with Gasteiger partial charge < -0.3 is 19.9 Å². The molecule has 2 heterocycles. The minimum absolute atomic E-state index is 0.143. The van der Waals surface area contributed by atoms with Gasteiger partial charge in [-0.15, -0.1) is 11.3 Å². The van der Waals surface area contributed by atoms with Crippen LogP contribution in [0.3, 0.4) is 0 Å². The molecule has 2 N–H and O–H groups in total. The average molecular weight is 278 g/mol. The highest BCUT2D eigenvalue weighted by Crippen LogP contribution is 2.37. The zero-order valence-electron chi connectivity index (χ0n) is 10.4. The molecule has 0 amide bonds. The van der Waals surface area contributed by atoms with E-state index in [-0.39, 0.29) is 18.6 Å². The maximum absolute atomic E-state index is 9.93. The molecule has 0 saturated carbocycles. The first-order valence-electron chi connectivity index (χ1n) is 5.98. The van der Waals surface area contributed by atoms with Crippen molar-refractivity contribution in [3.05, 3.63) is 34.3 Å². The molecular formula is C13H14N2O3S. The highest BCUT2D eigenvalue weighted by molar-refractivity contribution is 7.09. The van der Waals surface area contributed by atoms with E-state index in [9.17, 15) is 5.11 Å². The average Bonchev–Trinajstić information content (AvgIpc) is 3.06. The van der Waals surface area contributed by atoms with Crippen LogP contribution in [0.1, 0.15) is 23.5 Å². The van der Waals surface area contributed by atoms with Crippen molar-refractivity contribution in [3.8, 4) is 17.2 Å². The Kier molecular flexibility index (Phi) is 3.27. The molecule has 0 aliphatic carbocycles. The van der Waals surface area contributed by atoms with Crippen molar-refractivity contribution >= 4 is 11.3 Å². The first-order chi connectivity index (χ1) is 9.24. The fourth-order valence-corrected chi connectivity index (χ4v) is 2.58. The summed E-state index contributed by atoms with van der Waals surface area (Å²) in [6.45, 7) is 2.80. The van der Waals surface area contributed by atoms with E-state index in [1.54, 1.807) is 29.7 Å². The smallest absolute Gasteiger partial charge is 0.231 e. The van der Waals surface area contributed by atoms with Crippen molar-refractivity contribution in [2.45, 2.75) is 19.5 Å². The van der Waals surface area contributed by atoms with E-state index in [0.717, 1.165) is 10.6 Å². The van der Waals surface area contributed by atoms with Crippen LogP contribution in [0.15, 0.2) is 23.7 Å². The van der Waals surface area contributed by atoms with Crippen molar-refractivity contribution in [3.63, 3.8) is 0 Å². The van der Waals surface area contributed by atoms with Crippen LogP contribution in [0.4, 0.5) is 0 Å². The van der Waals surface area contributed by atoms with Crippen LogP contribution in [0.2, 0.25) is 0 Å². The summed E-state index contributed by atoms with van der Waals surface area (Å²) in [7, 11) is 0. The molecule has 1 unspecified atom stereocenters. The van der Waals surface area contributed by atoms with Gasteiger partial charge in [0.05, 0.1) is 6.04 Å². The topological polar surface area (TPSA) is 63.6 Å². The lowest BCUT2D eigenvalue weighted by Gasteiger charge is -2.12. The third-order valence-electron chi connectivity index (χ3n) is 2.99. The molecule has 0 spiro atoms. The largest absolute Gasteiger partial charge is 0.507 e. The van der Waals surface area contributed by atoms with Gasteiger partial charge in [0.2, 0.25) is 6.79 Å². The zero-order chi connectivity index (χ0) is 13.2. The highest BCUT2D eigenvalue weighted by atomic mass is 32.1. The second-order valence-electron chi connectivity index (χ2n) is 4.31. The van der Waals surface area contributed by atoms with Crippen LogP contribution in [-0.4, -0.2) is 16.9 Å². The Morgan fingerprint density at radius 1 is 1.42 bits per heavy atom. The summed E-state index contributed by atoms with van der Waals surface area (Å²) in [5.41, 5.74) is 0.785. The van der Waals surface area contributed by atoms with Gasteiger partial charge in [0.15, 0.2) is 11.5 Å². The summed E-state index contributed by atoms with van der Waals surface area (Å²) in [6, 6.07) is 3.54. The van der Waals surface area contributed by atoms with Gasteiger partial charge in [-0.05, 0) is 13.0 Å². The van der Waals surface area contributed by atoms with Crippen molar-refractivity contribution in [2.75, 3.05) is 6.79 Å². The minimum atomic E-state index is 0.143. The number of nitrogens with zero attached hydrogens (tertiary/aromatic N) is 1. The Hall–Kier alpha value is -1.79. The number of ether oxygens (including phenoxy) is 2. The van der Waals surface area contributed by atoms with Crippen LogP contribution in [-0.2, 0) is 6.54 Å². The normalized spacial score (nSPS) is 14.6. The van der Waals surface area contributed by atoms with E-state index in [2.05, 4.69) is 10.3 Å². The Labute approximate surface area is 114 Å². The molecule has 0 saturated heterocycles. The summed E-state index contributed by atoms with van der Waals surface area (Å²) in [4.78, 5) is 4.26. The number of phenolic OH excluding ortho intramolecular Hbond substituents is 1. The second kappa shape index (κ2) is 5.07. The monoisotopic (exact) mass is 278 g/mol. The first kappa shape index (κ1) is 12.3. The molecule has 2 aromatic rings. The fraction of sp³-hybridized carbons (Fsp3) is 0.308. The molecule has 6 heteroatoms. The van der Waals surface area contributed by atoms with E-state index in [1.807, 2.05) is 12.3 Å². The summed E-state index contributed by atoms with van der Waals surface area (Å²) < 4.78 is 10.5. The molecule has 0 fully saturated rings. The zero-order valence-corrected chi connectivity index (χ0v) is 11.2. The standard InChI is InChI=1S/C13H14N2O3S/c1-8(13-14-2-3-19-13)15-6-9-4-11-12(5-10(9)16)18-7-17-11/h2-5,8,15-16H,6-7H2,1H3. The molecule has 19 heavy (non-hydrogen) atoms.